The summed E-state index contributed by atoms with van der Waals surface area (Å²) in [6.45, 7) is 2.63. The molecule has 0 fully saturated rings. The number of benzene rings is 2. The Labute approximate surface area is 170 Å². The molecule has 1 atom stereocenters. The molecule has 1 amide bonds. The number of aliphatic carboxylic acids is 1. The Bertz CT molecular complexity index is 912. The number of carbonyl (C=O) groups excluding carboxylic acids is 1. The maximum Gasteiger partial charge on any atom is 0.305 e. The number of methoxy groups -OCH3 is 2. The van der Waals surface area contributed by atoms with E-state index in [2.05, 4.69) is 5.32 Å². The molecule has 0 radical (unpaired) electrons. The van der Waals surface area contributed by atoms with Crippen molar-refractivity contribution in [2.24, 2.45) is 0 Å². The molecule has 1 heterocycles. The van der Waals surface area contributed by atoms with Crippen molar-refractivity contribution in [2.45, 2.75) is 25.8 Å². The van der Waals surface area contributed by atoms with Gasteiger partial charge in [-0.2, -0.15) is 0 Å². The predicted octanol–water partition coefficient (Wildman–Crippen LogP) is 3.02. The van der Waals surface area contributed by atoms with E-state index in [1.165, 1.54) is 0 Å². The number of carbonyl (C=O) groups is 2. The summed E-state index contributed by atoms with van der Waals surface area (Å²) in [7, 11) is 3.12. The van der Waals surface area contributed by atoms with Crippen molar-refractivity contribution in [3.05, 3.63) is 53.1 Å². The number of hydrogen-bond acceptors (Lipinski definition) is 5. The zero-order valence-electron chi connectivity index (χ0n) is 16.9. The number of ether oxygens (including phenoxy) is 2. The third-order valence-electron chi connectivity index (χ3n) is 5.25. The summed E-state index contributed by atoms with van der Waals surface area (Å²) >= 11 is 0. The van der Waals surface area contributed by atoms with Crippen molar-refractivity contribution in [1.82, 2.24) is 4.90 Å². The van der Waals surface area contributed by atoms with E-state index in [1.54, 1.807) is 14.2 Å². The highest BCUT2D eigenvalue weighted by Crippen LogP contribution is 2.39. The Morgan fingerprint density at radius 2 is 1.86 bits per heavy atom. The second-order valence-electron chi connectivity index (χ2n) is 7.10. The van der Waals surface area contributed by atoms with Crippen LogP contribution < -0.4 is 14.8 Å². The Balaban J connectivity index is 1.84. The third kappa shape index (κ3) is 4.68. The first-order valence-corrected chi connectivity index (χ1v) is 9.49. The van der Waals surface area contributed by atoms with Crippen LogP contribution >= 0.6 is 0 Å². The molecule has 1 aliphatic heterocycles. The van der Waals surface area contributed by atoms with E-state index < -0.39 is 12.0 Å². The SMILES string of the molecule is COc1cc2c(cc1OC)[C@@H](CC(=O)O)N(CC(=O)Nc1ccccc1C)CC2. The smallest absolute Gasteiger partial charge is 0.305 e. The van der Waals surface area contributed by atoms with Gasteiger partial charge in [-0.15, -0.1) is 0 Å². The summed E-state index contributed by atoms with van der Waals surface area (Å²) in [5.74, 6) is 0.0829. The molecule has 0 aromatic heterocycles. The largest absolute Gasteiger partial charge is 0.493 e. The van der Waals surface area contributed by atoms with Crippen molar-refractivity contribution in [3.63, 3.8) is 0 Å². The predicted molar refractivity (Wildman–Crippen MR) is 110 cm³/mol. The quantitative estimate of drug-likeness (QED) is 0.745. The number of fused-ring (bicyclic) bond motifs is 1. The highest BCUT2D eigenvalue weighted by molar-refractivity contribution is 5.93. The Kier molecular flexibility index (Phi) is 6.39. The van der Waals surface area contributed by atoms with Gasteiger partial charge in [0.1, 0.15) is 0 Å². The summed E-state index contributed by atoms with van der Waals surface area (Å²) in [6.07, 6.45) is 0.601. The molecular formula is C22H26N2O5. The van der Waals surface area contributed by atoms with Crippen LogP contribution in [-0.2, 0) is 16.0 Å². The average Bonchev–Trinajstić information content (AvgIpc) is 2.70. The first kappa shape index (κ1) is 20.7. The molecule has 2 aromatic rings. The molecule has 1 aliphatic rings. The van der Waals surface area contributed by atoms with Crippen LogP contribution in [0.15, 0.2) is 36.4 Å². The van der Waals surface area contributed by atoms with Crippen molar-refractivity contribution in [3.8, 4) is 11.5 Å². The Hall–Kier alpha value is -3.06. The average molecular weight is 398 g/mol. The van der Waals surface area contributed by atoms with Crippen LogP contribution in [0.4, 0.5) is 5.69 Å². The maximum absolute atomic E-state index is 12.7. The lowest BCUT2D eigenvalue weighted by atomic mass is 9.90. The monoisotopic (exact) mass is 398 g/mol. The molecule has 0 spiro atoms. The molecule has 7 nitrogen and oxygen atoms in total. The number of rotatable bonds is 7. The van der Waals surface area contributed by atoms with Gasteiger partial charge in [-0.05, 0) is 48.2 Å². The lowest BCUT2D eigenvalue weighted by Gasteiger charge is -2.36. The number of amides is 1. The molecule has 0 unspecified atom stereocenters. The standard InChI is InChI=1S/C22H26N2O5/c1-14-6-4-5-7-17(14)23-21(25)13-24-9-8-15-10-19(28-2)20(29-3)11-16(15)18(24)12-22(26)27/h4-7,10-11,18H,8-9,12-13H2,1-3H3,(H,23,25)(H,26,27)/t18-/m1/s1. The first-order chi connectivity index (χ1) is 13.9. The minimum Gasteiger partial charge on any atom is -0.493 e. The van der Waals surface area contributed by atoms with Gasteiger partial charge in [0.2, 0.25) is 5.91 Å². The third-order valence-corrected chi connectivity index (χ3v) is 5.25. The van der Waals surface area contributed by atoms with E-state index in [-0.39, 0.29) is 18.9 Å². The molecule has 7 heteroatoms. The van der Waals surface area contributed by atoms with E-state index in [9.17, 15) is 14.7 Å². The molecule has 0 bridgehead atoms. The molecule has 154 valence electrons. The van der Waals surface area contributed by atoms with Crippen molar-refractivity contribution in [2.75, 3.05) is 32.6 Å². The number of nitrogens with one attached hydrogen (secondary N) is 1. The second-order valence-corrected chi connectivity index (χ2v) is 7.10. The van der Waals surface area contributed by atoms with Gasteiger partial charge in [0.25, 0.3) is 0 Å². The molecule has 0 saturated carbocycles. The number of para-hydroxylation sites is 1. The highest BCUT2D eigenvalue weighted by Gasteiger charge is 2.32. The van der Waals surface area contributed by atoms with Gasteiger partial charge >= 0.3 is 5.97 Å². The van der Waals surface area contributed by atoms with Gasteiger partial charge in [0, 0.05) is 18.3 Å². The summed E-state index contributed by atoms with van der Waals surface area (Å²) < 4.78 is 10.8. The summed E-state index contributed by atoms with van der Waals surface area (Å²) in [5, 5.41) is 12.4. The molecule has 3 rings (SSSR count). The number of anilines is 1. The van der Waals surface area contributed by atoms with Crippen LogP contribution in [0.1, 0.15) is 29.2 Å². The first-order valence-electron chi connectivity index (χ1n) is 9.49. The summed E-state index contributed by atoms with van der Waals surface area (Å²) in [5.41, 5.74) is 3.62. The molecule has 2 N–H and O–H groups in total. The number of carboxylic acids is 1. The van der Waals surface area contributed by atoms with Gasteiger partial charge < -0.3 is 19.9 Å². The normalized spacial score (nSPS) is 16.0. The van der Waals surface area contributed by atoms with Crippen LogP contribution in [0.3, 0.4) is 0 Å². The van der Waals surface area contributed by atoms with Crippen LogP contribution in [0.25, 0.3) is 0 Å². The minimum atomic E-state index is -0.915. The molecular weight excluding hydrogens is 372 g/mol. The fourth-order valence-corrected chi connectivity index (χ4v) is 3.76. The number of nitrogens with zero attached hydrogens (tertiary/aromatic N) is 1. The molecule has 29 heavy (non-hydrogen) atoms. The maximum atomic E-state index is 12.7. The van der Waals surface area contributed by atoms with Crippen LogP contribution in [-0.4, -0.2) is 49.2 Å². The molecule has 2 aromatic carbocycles. The number of aryl methyl sites for hydroxylation is 1. The zero-order valence-corrected chi connectivity index (χ0v) is 16.9. The van der Waals surface area contributed by atoms with Crippen molar-refractivity contribution < 1.29 is 24.2 Å². The number of hydrogen-bond donors (Lipinski definition) is 2. The Morgan fingerprint density at radius 3 is 2.52 bits per heavy atom. The van der Waals surface area contributed by atoms with Crippen LogP contribution in [0, 0.1) is 6.92 Å². The van der Waals surface area contributed by atoms with E-state index in [0.717, 1.165) is 22.4 Å². The van der Waals surface area contributed by atoms with E-state index in [4.69, 9.17) is 9.47 Å². The van der Waals surface area contributed by atoms with Gasteiger partial charge in [0.05, 0.1) is 27.2 Å². The van der Waals surface area contributed by atoms with E-state index >= 15 is 0 Å². The lowest BCUT2D eigenvalue weighted by molar-refractivity contribution is -0.139. The zero-order chi connectivity index (χ0) is 21.0. The van der Waals surface area contributed by atoms with Crippen molar-refractivity contribution >= 4 is 17.6 Å². The topological polar surface area (TPSA) is 88.1 Å². The van der Waals surface area contributed by atoms with E-state index in [1.807, 2.05) is 48.2 Å². The number of carboxylic acid groups (broad SMARTS) is 1. The van der Waals surface area contributed by atoms with Crippen LogP contribution in [0.5, 0.6) is 11.5 Å². The highest BCUT2D eigenvalue weighted by atomic mass is 16.5. The van der Waals surface area contributed by atoms with Gasteiger partial charge in [-0.25, -0.2) is 0 Å². The van der Waals surface area contributed by atoms with Gasteiger partial charge in [0.15, 0.2) is 11.5 Å². The Morgan fingerprint density at radius 1 is 1.17 bits per heavy atom. The summed E-state index contributed by atoms with van der Waals surface area (Å²) in [4.78, 5) is 26.1. The second kappa shape index (κ2) is 8.96. The van der Waals surface area contributed by atoms with Crippen molar-refractivity contribution in [1.29, 1.82) is 0 Å². The lowest BCUT2D eigenvalue weighted by Crippen LogP contribution is -2.41. The van der Waals surface area contributed by atoms with Crippen LogP contribution in [0.2, 0.25) is 0 Å². The van der Waals surface area contributed by atoms with Gasteiger partial charge in [-0.3, -0.25) is 14.5 Å². The molecule has 0 saturated heterocycles. The fraction of sp³-hybridized carbons (Fsp3) is 0.364. The summed E-state index contributed by atoms with van der Waals surface area (Å²) in [6, 6.07) is 10.9. The fourth-order valence-electron chi connectivity index (χ4n) is 3.76. The molecule has 0 aliphatic carbocycles. The van der Waals surface area contributed by atoms with Gasteiger partial charge in [-0.1, -0.05) is 18.2 Å². The minimum absolute atomic E-state index is 0.0971. The van der Waals surface area contributed by atoms with E-state index in [0.29, 0.717) is 24.5 Å².